The molecule has 0 atom stereocenters. The van der Waals surface area contributed by atoms with E-state index in [4.69, 9.17) is 5.73 Å². The van der Waals surface area contributed by atoms with Crippen LogP contribution in [0.4, 0.5) is 26.2 Å². The van der Waals surface area contributed by atoms with Crippen LogP contribution in [0.25, 0.3) is 0 Å². The van der Waals surface area contributed by atoms with Gasteiger partial charge in [-0.3, -0.25) is 9.48 Å². The molecule has 158 valence electrons. The minimum atomic E-state index is -0.942. The van der Waals surface area contributed by atoms with Gasteiger partial charge in [0, 0.05) is 24.5 Å². The van der Waals surface area contributed by atoms with E-state index in [9.17, 15) is 18.7 Å². The third-order valence-electron chi connectivity index (χ3n) is 3.99. The number of anilines is 3. The molecule has 0 fully saturated rings. The lowest BCUT2D eigenvalue weighted by Crippen LogP contribution is -2.26. The summed E-state index contributed by atoms with van der Waals surface area (Å²) in [5, 5.41) is 19.6. The number of aromatic nitrogens is 4. The minimum Gasteiger partial charge on any atom is -0.389 e. The van der Waals surface area contributed by atoms with Crippen LogP contribution in [-0.4, -0.2) is 36.4 Å². The standard InChI is InChI=1S/C19H21F2N7O2/c1-19(2,30)10-28-9-11(6-25-28)26-18-24-8-13(16(22)29)17(27-18)23-7-12-14(20)4-3-5-15(12)21/h3-6,8-9,30H,7,10H2,1-2H3,(H2,22,29)(H2,23,24,26,27). The Labute approximate surface area is 171 Å². The third kappa shape index (κ3) is 5.26. The van der Waals surface area contributed by atoms with E-state index < -0.39 is 23.1 Å². The van der Waals surface area contributed by atoms with Crippen LogP contribution in [0, 0.1) is 11.6 Å². The third-order valence-corrected chi connectivity index (χ3v) is 3.99. The Hall–Kier alpha value is -3.60. The van der Waals surface area contributed by atoms with Gasteiger partial charge in [-0.2, -0.15) is 10.1 Å². The summed E-state index contributed by atoms with van der Waals surface area (Å²) in [5.74, 6) is -2.12. The second-order valence-electron chi connectivity index (χ2n) is 7.24. The van der Waals surface area contributed by atoms with Crippen molar-refractivity contribution >= 4 is 23.4 Å². The van der Waals surface area contributed by atoms with E-state index >= 15 is 0 Å². The molecule has 0 spiro atoms. The molecule has 0 bridgehead atoms. The van der Waals surface area contributed by atoms with E-state index in [1.54, 1.807) is 24.7 Å². The molecule has 30 heavy (non-hydrogen) atoms. The zero-order valence-corrected chi connectivity index (χ0v) is 16.4. The summed E-state index contributed by atoms with van der Waals surface area (Å²) < 4.78 is 29.3. The number of nitrogens with one attached hydrogen (secondary N) is 2. The van der Waals surface area contributed by atoms with Gasteiger partial charge in [-0.1, -0.05) is 6.07 Å². The Kier molecular flexibility index (Phi) is 5.92. The van der Waals surface area contributed by atoms with Crippen molar-refractivity contribution in [1.29, 1.82) is 0 Å². The van der Waals surface area contributed by atoms with Gasteiger partial charge in [-0.15, -0.1) is 0 Å². The Balaban J connectivity index is 1.80. The number of hydrogen-bond donors (Lipinski definition) is 4. The fraction of sp³-hybridized carbons (Fsp3) is 0.263. The van der Waals surface area contributed by atoms with Crippen molar-refractivity contribution in [3.05, 3.63) is 59.6 Å². The summed E-state index contributed by atoms with van der Waals surface area (Å²) >= 11 is 0. The number of amides is 1. The summed E-state index contributed by atoms with van der Waals surface area (Å²) in [5.41, 5.74) is 4.71. The summed E-state index contributed by atoms with van der Waals surface area (Å²) in [6.45, 7) is 3.34. The van der Waals surface area contributed by atoms with Gasteiger partial charge in [0.2, 0.25) is 5.95 Å². The van der Waals surface area contributed by atoms with E-state index in [0.29, 0.717) is 5.69 Å². The monoisotopic (exact) mass is 417 g/mol. The van der Waals surface area contributed by atoms with Crippen molar-refractivity contribution in [2.24, 2.45) is 5.73 Å². The highest BCUT2D eigenvalue weighted by atomic mass is 19.1. The van der Waals surface area contributed by atoms with E-state index in [2.05, 4.69) is 25.7 Å². The second-order valence-corrected chi connectivity index (χ2v) is 7.24. The number of benzene rings is 1. The predicted molar refractivity (Wildman–Crippen MR) is 106 cm³/mol. The number of hydrogen-bond acceptors (Lipinski definition) is 7. The van der Waals surface area contributed by atoms with Crippen molar-refractivity contribution in [2.75, 3.05) is 10.6 Å². The number of rotatable bonds is 8. The molecular weight excluding hydrogens is 396 g/mol. The number of nitrogens with two attached hydrogens (primary N) is 1. The Bertz CT molecular complexity index is 1040. The van der Waals surface area contributed by atoms with Crippen LogP contribution in [0.5, 0.6) is 0 Å². The summed E-state index contributed by atoms with van der Waals surface area (Å²) in [4.78, 5) is 19.9. The number of carbonyl (C=O) groups is 1. The molecule has 0 aliphatic heterocycles. The Morgan fingerprint density at radius 1 is 1.27 bits per heavy atom. The number of nitrogens with zero attached hydrogens (tertiary/aromatic N) is 4. The van der Waals surface area contributed by atoms with Gasteiger partial charge < -0.3 is 21.5 Å². The maximum Gasteiger partial charge on any atom is 0.254 e. The molecule has 1 aromatic carbocycles. The summed E-state index contributed by atoms with van der Waals surface area (Å²) in [6, 6.07) is 3.52. The van der Waals surface area contributed by atoms with Gasteiger partial charge >= 0.3 is 0 Å². The normalized spacial score (nSPS) is 11.4. The van der Waals surface area contributed by atoms with Crippen molar-refractivity contribution < 1.29 is 18.7 Å². The van der Waals surface area contributed by atoms with Crippen LogP contribution < -0.4 is 16.4 Å². The molecule has 5 N–H and O–H groups in total. The van der Waals surface area contributed by atoms with Gasteiger partial charge in [-0.25, -0.2) is 13.8 Å². The molecular formula is C19H21F2N7O2. The maximum absolute atomic E-state index is 13.9. The molecule has 0 aliphatic carbocycles. The molecule has 11 heteroatoms. The van der Waals surface area contributed by atoms with Crippen LogP contribution in [0.1, 0.15) is 29.8 Å². The molecule has 3 aromatic rings. The molecule has 0 radical (unpaired) electrons. The molecule has 1 amide bonds. The Morgan fingerprint density at radius 3 is 2.60 bits per heavy atom. The number of halogens is 2. The molecule has 2 aromatic heterocycles. The maximum atomic E-state index is 13.9. The van der Waals surface area contributed by atoms with Crippen LogP contribution >= 0.6 is 0 Å². The van der Waals surface area contributed by atoms with Crippen molar-refractivity contribution in [1.82, 2.24) is 19.7 Å². The first-order chi connectivity index (χ1) is 14.1. The van der Waals surface area contributed by atoms with Gasteiger partial charge in [0.25, 0.3) is 5.91 Å². The number of carbonyl (C=O) groups excluding carboxylic acids is 1. The minimum absolute atomic E-state index is 0.0199. The van der Waals surface area contributed by atoms with E-state index in [0.717, 1.165) is 12.1 Å². The van der Waals surface area contributed by atoms with Crippen LogP contribution in [0.15, 0.2) is 36.8 Å². The zero-order chi connectivity index (χ0) is 21.9. The first-order valence-electron chi connectivity index (χ1n) is 8.98. The lowest BCUT2D eigenvalue weighted by Gasteiger charge is -2.16. The summed E-state index contributed by atoms with van der Waals surface area (Å²) in [7, 11) is 0. The van der Waals surface area contributed by atoms with E-state index in [-0.39, 0.29) is 36.0 Å². The fourth-order valence-electron chi connectivity index (χ4n) is 2.67. The molecule has 0 saturated carbocycles. The molecule has 9 nitrogen and oxygen atoms in total. The van der Waals surface area contributed by atoms with Crippen molar-refractivity contribution in [3.8, 4) is 0 Å². The quantitative estimate of drug-likeness (QED) is 0.442. The second kappa shape index (κ2) is 8.41. The van der Waals surface area contributed by atoms with Gasteiger partial charge in [0.05, 0.1) is 29.6 Å². The largest absolute Gasteiger partial charge is 0.389 e. The van der Waals surface area contributed by atoms with Crippen LogP contribution in [0.2, 0.25) is 0 Å². The fourth-order valence-corrected chi connectivity index (χ4v) is 2.67. The average Bonchev–Trinajstić information content (AvgIpc) is 3.06. The van der Waals surface area contributed by atoms with Crippen LogP contribution in [-0.2, 0) is 13.1 Å². The SMILES string of the molecule is CC(C)(O)Cn1cc(Nc2ncc(C(N)=O)c(NCc3c(F)cccc3F)n2)cn1. The zero-order valence-electron chi connectivity index (χ0n) is 16.4. The Morgan fingerprint density at radius 2 is 1.97 bits per heavy atom. The topological polar surface area (TPSA) is 131 Å². The summed E-state index contributed by atoms with van der Waals surface area (Å²) in [6.07, 6.45) is 4.36. The average molecular weight is 417 g/mol. The highest BCUT2D eigenvalue weighted by molar-refractivity contribution is 5.97. The van der Waals surface area contributed by atoms with Crippen LogP contribution in [0.3, 0.4) is 0 Å². The predicted octanol–water partition coefficient (Wildman–Crippen LogP) is 2.18. The lowest BCUT2D eigenvalue weighted by atomic mass is 10.1. The van der Waals surface area contributed by atoms with E-state index in [1.807, 2.05) is 0 Å². The van der Waals surface area contributed by atoms with Crippen molar-refractivity contribution in [3.63, 3.8) is 0 Å². The molecule has 0 unspecified atom stereocenters. The van der Waals surface area contributed by atoms with Gasteiger partial charge in [0.15, 0.2) is 0 Å². The number of aliphatic hydroxyl groups is 1. The molecule has 2 heterocycles. The first kappa shape index (κ1) is 21.1. The first-order valence-corrected chi connectivity index (χ1v) is 8.98. The lowest BCUT2D eigenvalue weighted by molar-refractivity contribution is 0.0577. The highest BCUT2D eigenvalue weighted by Gasteiger charge is 2.16. The van der Waals surface area contributed by atoms with Crippen molar-refractivity contribution in [2.45, 2.75) is 32.5 Å². The molecule has 0 saturated heterocycles. The number of primary amides is 1. The van der Waals surface area contributed by atoms with Gasteiger partial charge in [-0.05, 0) is 26.0 Å². The smallest absolute Gasteiger partial charge is 0.254 e. The van der Waals surface area contributed by atoms with Gasteiger partial charge in [0.1, 0.15) is 17.5 Å². The highest BCUT2D eigenvalue weighted by Crippen LogP contribution is 2.20. The van der Waals surface area contributed by atoms with E-state index in [1.165, 1.54) is 18.5 Å². The molecule has 3 rings (SSSR count). The molecule has 0 aliphatic rings.